The van der Waals surface area contributed by atoms with E-state index in [4.69, 9.17) is 0 Å². The second-order valence-corrected chi connectivity index (χ2v) is 3.41. The molecule has 0 aromatic carbocycles. The van der Waals surface area contributed by atoms with Gasteiger partial charge in [0, 0.05) is 24.7 Å². The fourth-order valence-electron chi connectivity index (χ4n) is 1.28. The molecule has 0 aliphatic carbocycles. The van der Waals surface area contributed by atoms with Gasteiger partial charge in [0.15, 0.2) is 0 Å². The summed E-state index contributed by atoms with van der Waals surface area (Å²) in [4.78, 5) is 11.4. The van der Waals surface area contributed by atoms with Crippen LogP contribution < -0.4 is 5.56 Å². The number of aryl methyl sites for hydroxylation is 2. The van der Waals surface area contributed by atoms with E-state index in [1.165, 1.54) is 10.8 Å². The third kappa shape index (κ3) is 3.77. The second-order valence-electron chi connectivity index (χ2n) is 3.41. The van der Waals surface area contributed by atoms with Gasteiger partial charge in [0.1, 0.15) is 0 Å². The fraction of sp³-hybridized carbons (Fsp3) is 0.500. The van der Waals surface area contributed by atoms with E-state index >= 15 is 0 Å². The summed E-state index contributed by atoms with van der Waals surface area (Å²) in [6, 6.07) is 3.30. The Morgan fingerprint density at radius 3 is 2.67 bits per heavy atom. The van der Waals surface area contributed by atoms with Crippen LogP contribution >= 0.6 is 0 Å². The SMILES string of the molecule is Cc1cccn(CCCC(F)(F)F)c1=O. The molecule has 0 amide bonds. The number of hydrogen-bond acceptors (Lipinski definition) is 1. The Morgan fingerprint density at radius 2 is 2.07 bits per heavy atom. The minimum Gasteiger partial charge on any atom is -0.315 e. The van der Waals surface area contributed by atoms with Gasteiger partial charge < -0.3 is 4.57 Å². The zero-order chi connectivity index (χ0) is 11.5. The summed E-state index contributed by atoms with van der Waals surface area (Å²) in [6.45, 7) is 1.75. The maximum atomic E-state index is 11.9. The van der Waals surface area contributed by atoms with Crippen LogP contribution in [0.25, 0.3) is 0 Å². The van der Waals surface area contributed by atoms with E-state index < -0.39 is 12.6 Å². The summed E-state index contributed by atoms with van der Waals surface area (Å²) in [5.74, 6) is 0. The van der Waals surface area contributed by atoms with Crippen molar-refractivity contribution in [3.63, 3.8) is 0 Å². The maximum absolute atomic E-state index is 11.9. The highest BCUT2D eigenvalue weighted by Crippen LogP contribution is 2.21. The highest BCUT2D eigenvalue weighted by molar-refractivity contribution is 5.07. The fourth-order valence-corrected chi connectivity index (χ4v) is 1.28. The molecule has 0 radical (unpaired) electrons. The van der Waals surface area contributed by atoms with Gasteiger partial charge >= 0.3 is 6.18 Å². The Kier molecular flexibility index (Phi) is 3.55. The van der Waals surface area contributed by atoms with Gasteiger partial charge in [-0.05, 0) is 19.4 Å². The lowest BCUT2D eigenvalue weighted by Crippen LogP contribution is -2.22. The molecule has 84 valence electrons. The van der Waals surface area contributed by atoms with E-state index in [1.807, 2.05) is 0 Å². The molecule has 2 nitrogen and oxygen atoms in total. The molecule has 0 saturated carbocycles. The maximum Gasteiger partial charge on any atom is 0.389 e. The Bertz CT molecular complexity index is 381. The quantitative estimate of drug-likeness (QED) is 0.765. The number of halogens is 3. The van der Waals surface area contributed by atoms with Crippen molar-refractivity contribution in [1.29, 1.82) is 0 Å². The summed E-state index contributed by atoms with van der Waals surface area (Å²) in [5.41, 5.74) is 0.323. The number of aromatic nitrogens is 1. The summed E-state index contributed by atoms with van der Waals surface area (Å²) in [7, 11) is 0. The summed E-state index contributed by atoms with van der Waals surface area (Å²) in [6.07, 6.45) is -3.56. The summed E-state index contributed by atoms with van der Waals surface area (Å²) >= 11 is 0. The number of nitrogens with zero attached hydrogens (tertiary/aromatic N) is 1. The lowest BCUT2D eigenvalue weighted by molar-refractivity contribution is -0.135. The molecule has 0 atom stereocenters. The van der Waals surface area contributed by atoms with Crippen LogP contribution in [-0.4, -0.2) is 10.7 Å². The normalized spacial score (nSPS) is 11.7. The molecule has 0 aliphatic heterocycles. The molecule has 0 fully saturated rings. The van der Waals surface area contributed by atoms with Crippen molar-refractivity contribution in [1.82, 2.24) is 4.57 Å². The summed E-state index contributed by atoms with van der Waals surface area (Å²) in [5, 5.41) is 0. The van der Waals surface area contributed by atoms with Crippen molar-refractivity contribution >= 4 is 0 Å². The molecule has 1 heterocycles. The third-order valence-electron chi connectivity index (χ3n) is 2.07. The van der Waals surface area contributed by atoms with Crippen molar-refractivity contribution in [2.75, 3.05) is 0 Å². The predicted molar refractivity (Wildman–Crippen MR) is 50.7 cm³/mol. The van der Waals surface area contributed by atoms with Crippen LogP contribution in [0.3, 0.4) is 0 Å². The van der Waals surface area contributed by atoms with Crippen LogP contribution in [0.2, 0.25) is 0 Å². The molecule has 15 heavy (non-hydrogen) atoms. The van der Waals surface area contributed by atoms with Gasteiger partial charge in [-0.3, -0.25) is 4.79 Å². The Balaban J connectivity index is 2.59. The number of pyridine rings is 1. The van der Waals surface area contributed by atoms with Gasteiger partial charge in [0.25, 0.3) is 5.56 Å². The van der Waals surface area contributed by atoms with E-state index in [9.17, 15) is 18.0 Å². The van der Waals surface area contributed by atoms with Crippen molar-refractivity contribution in [2.24, 2.45) is 0 Å². The minimum atomic E-state index is -4.15. The highest BCUT2D eigenvalue weighted by atomic mass is 19.4. The number of alkyl halides is 3. The van der Waals surface area contributed by atoms with E-state index in [0.29, 0.717) is 5.56 Å². The molecule has 0 bridgehead atoms. The monoisotopic (exact) mass is 219 g/mol. The van der Waals surface area contributed by atoms with Crippen LogP contribution in [-0.2, 0) is 6.54 Å². The molecule has 0 N–H and O–H groups in total. The molecular weight excluding hydrogens is 207 g/mol. The Labute approximate surface area is 85.3 Å². The highest BCUT2D eigenvalue weighted by Gasteiger charge is 2.25. The standard InChI is InChI=1S/C10H12F3NO/c1-8-4-2-6-14(9(8)15)7-3-5-10(11,12)13/h2,4,6H,3,5,7H2,1H3. The lowest BCUT2D eigenvalue weighted by Gasteiger charge is -2.08. The molecule has 1 rings (SSSR count). The zero-order valence-electron chi connectivity index (χ0n) is 8.34. The van der Waals surface area contributed by atoms with Crippen LogP contribution in [0.15, 0.2) is 23.1 Å². The van der Waals surface area contributed by atoms with Crippen molar-refractivity contribution in [2.45, 2.75) is 32.5 Å². The first-order valence-electron chi connectivity index (χ1n) is 4.63. The Morgan fingerprint density at radius 1 is 1.40 bits per heavy atom. The molecule has 0 spiro atoms. The van der Waals surface area contributed by atoms with Crippen LogP contribution in [0.4, 0.5) is 13.2 Å². The largest absolute Gasteiger partial charge is 0.389 e. The van der Waals surface area contributed by atoms with Gasteiger partial charge in [0.2, 0.25) is 0 Å². The average Bonchev–Trinajstić information content (AvgIpc) is 2.10. The topological polar surface area (TPSA) is 22.0 Å². The van der Waals surface area contributed by atoms with Gasteiger partial charge in [-0.1, -0.05) is 6.07 Å². The summed E-state index contributed by atoms with van der Waals surface area (Å²) < 4.78 is 36.9. The first kappa shape index (κ1) is 11.8. The van der Waals surface area contributed by atoms with E-state index in [-0.39, 0.29) is 18.5 Å². The number of rotatable bonds is 3. The van der Waals surface area contributed by atoms with E-state index in [0.717, 1.165) is 0 Å². The van der Waals surface area contributed by atoms with Gasteiger partial charge in [-0.2, -0.15) is 13.2 Å². The second kappa shape index (κ2) is 4.51. The van der Waals surface area contributed by atoms with E-state index in [2.05, 4.69) is 0 Å². The molecule has 0 saturated heterocycles. The van der Waals surface area contributed by atoms with Gasteiger partial charge in [0.05, 0.1) is 0 Å². The van der Waals surface area contributed by atoms with Crippen LogP contribution in [0.5, 0.6) is 0 Å². The molecule has 1 aromatic rings. The van der Waals surface area contributed by atoms with Crippen LogP contribution in [0, 0.1) is 6.92 Å². The molecular formula is C10H12F3NO. The molecule has 5 heteroatoms. The molecule has 1 aromatic heterocycles. The average molecular weight is 219 g/mol. The minimum absolute atomic E-state index is 0.0626. The smallest absolute Gasteiger partial charge is 0.315 e. The van der Waals surface area contributed by atoms with Crippen molar-refractivity contribution in [3.05, 3.63) is 34.2 Å². The molecule has 0 unspecified atom stereocenters. The van der Waals surface area contributed by atoms with Crippen LogP contribution in [0.1, 0.15) is 18.4 Å². The zero-order valence-corrected chi connectivity index (χ0v) is 8.34. The van der Waals surface area contributed by atoms with Gasteiger partial charge in [-0.25, -0.2) is 0 Å². The van der Waals surface area contributed by atoms with E-state index in [1.54, 1.807) is 19.1 Å². The first-order chi connectivity index (χ1) is 6.90. The van der Waals surface area contributed by atoms with Gasteiger partial charge in [-0.15, -0.1) is 0 Å². The Hall–Kier alpha value is -1.26. The first-order valence-corrected chi connectivity index (χ1v) is 4.63. The predicted octanol–water partition coefficient (Wildman–Crippen LogP) is 2.50. The molecule has 0 aliphatic rings. The third-order valence-corrected chi connectivity index (χ3v) is 2.07. The number of hydrogen-bond donors (Lipinski definition) is 0. The van der Waals surface area contributed by atoms with Crippen molar-refractivity contribution < 1.29 is 13.2 Å². The lowest BCUT2D eigenvalue weighted by atomic mass is 10.2. The van der Waals surface area contributed by atoms with Crippen molar-refractivity contribution in [3.8, 4) is 0 Å².